The van der Waals surface area contributed by atoms with Crippen LogP contribution in [0.4, 0.5) is 20.2 Å². The third-order valence-corrected chi connectivity index (χ3v) is 3.60. The number of hydrogen-bond acceptors (Lipinski definition) is 3. The molecule has 2 aromatic carbocycles. The first kappa shape index (κ1) is 15.7. The van der Waals surface area contributed by atoms with E-state index in [1.54, 1.807) is 18.2 Å². The lowest BCUT2D eigenvalue weighted by Crippen LogP contribution is -2.12. The van der Waals surface area contributed by atoms with Crippen molar-refractivity contribution in [2.45, 2.75) is 0 Å². The molecule has 0 aliphatic heterocycles. The van der Waals surface area contributed by atoms with Gasteiger partial charge < -0.3 is 15.8 Å². The van der Waals surface area contributed by atoms with Crippen molar-refractivity contribution in [2.24, 2.45) is 5.73 Å². The molecule has 0 fully saturated rings. The summed E-state index contributed by atoms with van der Waals surface area (Å²) in [5, 5.41) is 2.86. The fourth-order valence-corrected chi connectivity index (χ4v) is 2.45. The van der Waals surface area contributed by atoms with Crippen molar-refractivity contribution >= 4 is 44.5 Å². The average Bonchev–Trinajstić information content (AvgIpc) is 2.42. The smallest absolute Gasteiger partial charge is 0.150 e. The fourth-order valence-electron chi connectivity index (χ4n) is 1.76. The van der Waals surface area contributed by atoms with Crippen LogP contribution in [-0.4, -0.2) is 12.1 Å². The zero-order chi connectivity index (χ0) is 15.6. The molecule has 0 unspecified atom stereocenters. The van der Waals surface area contributed by atoms with Crippen LogP contribution >= 0.6 is 28.1 Å². The van der Waals surface area contributed by atoms with Gasteiger partial charge in [-0.05, 0) is 34.1 Å². The van der Waals surface area contributed by atoms with Gasteiger partial charge in [0.15, 0.2) is 5.82 Å². The van der Waals surface area contributed by atoms with Crippen LogP contribution in [0.15, 0.2) is 34.8 Å². The predicted octanol–water partition coefficient (Wildman–Crippen LogP) is 4.11. The molecule has 110 valence electrons. The Morgan fingerprint density at radius 1 is 1.29 bits per heavy atom. The second-order valence-corrected chi connectivity index (χ2v) is 5.44. The third kappa shape index (κ3) is 3.48. The van der Waals surface area contributed by atoms with E-state index < -0.39 is 11.6 Å². The highest BCUT2D eigenvalue weighted by atomic mass is 79.9. The Hall–Kier alpha value is -1.73. The number of hydrogen-bond donors (Lipinski definition) is 2. The summed E-state index contributed by atoms with van der Waals surface area (Å²) in [5.41, 5.74) is 6.73. The fraction of sp³-hybridized carbons (Fsp3) is 0.0714. The maximum absolute atomic E-state index is 13.9. The topological polar surface area (TPSA) is 47.3 Å². The number of thiocarbonyl (C=S) groups is 1. The lowest BCUT2D eigenvalue weighted by Gasteiger charge is -2.14. The van der Waals surface area contributed by atoms with Gasteiger partial charge in [0.1, 0.15) is 16.6 Å². The Bertz CT molecular complexity index is 686. The third-order valence-electron chi connectivity index (χ3n) is 2.76. The highest BCUT2D eigenvalue weighted by Crippen LogP contribution is 2.32. The summed E-state index contributed by atoms with van der Waals surface area (Å²) >= 11 is 8.08. The van der Waals surface area contributed by atoms with E-state index in [1.165, 1.54) is 7.11 Å². The quantitative estimate of drug-likeness (QED) is 0.792. The molecule has 0 heterocycles. The Morgan fingerprint density at radius 2 is 2.00 bits per heavy atom. The normalized spacial score (nSPS) is 10.3. The summed E-state index contributed by atoms with van der Waals surface area (Å²) in [6.45, 7) is 0. The van der Waals surface area contributed by atoms with E-state index in [4.69, 9.17) is 22.7 Å². The first-order valence-electron chi connectivity index (χ1n) is 5.81. The standard InChI is InChI=1S/C14H11BrF2N2OS/c1-20-8-2-3-9(14(18)21)12(6-8)19-13-10(15)4-7(16)5-11(13)17/h2-6,19H,1H3,(H2,18,21). The van der Waals surface area contributed by atoms with Gasteiger partial charge in [-0.15, -0.1) is 0 Å². The number of ether oxygens (including phenoxy) is 1. The molecule has 0 atom stereocenters. The van der Waals surface area contributed by atoms with Gasteiger partial charge in [-0.1, -0.05) is 12.2 Å². The Morgan fingerprint density at radius 3 is 2.57 bits per heavy atom. The SMILES string of the molecule is COc1ccc(C(N)=S)c(Nc2c(F)cc(F)cc2Br)c1. The number of rotatable bonds is 4. The van der Waals surface area contributed by atoms with Crippen LogP contribution in [0.5, 0.6) is 5.75 Å². The van der Waals surface area contributed by atoms with E-state index in [2.05, 4.69) is 21.2 Å². The van der Waals surface area contributed by atoms with Gasteiger partial charge in [0.2, 0.25) is 0 Å². The predicted molar refractivity (Wildman–Crippen MR) is 86.2 cm³/mol. The molecule has 0 amide bonds. The first-order chi connectivity index (χ1) is 9.92. The molecule has 0 spiro atoms. The minimum atomic E-state index is -0.737. The summed E-state index contributed by atoms with van der Waals surface area (Å²) in [7, 11) is 1.51. The van der Waals surface area contributed by atoms with Crippen molar-refractivity contribution in [1.82, 2.24) is 0 Å². The molecular weight excluding hydrogens is 362 g/mol. The number of nitrogens with one attached hydrogen (secondary N) is 1. The van der Waals surface area contributed by atoms with Crippen LogP contribution < -0.4 is 15.8 Å². The van der Waals surface area contributed by atoms with Gasteiger partial charge in [-0.2, -0.15) is 0 Å². The Balaban J connectivity index is 2.50. The summed E-state index contributed by atoms with van der Waals surface area (Å²) < 4.78 is 32.4. The summed E-state index contributed by atoms with van der Waals surface area (Å²) in [4.78, 5) is 0.152. The molecule has 0 saturated carbocycles. The molecule has 0 saturated heterocycles. The second kappa shape index (κ2) is 6.36. The van der Waals surface area contributed by atoms with Crippen molar-refractivity contribution in [3.63, 3.8) is 0 Å². The molecule has 0 bridgehead atoms. The second-order valence-electron chi connectivity index (χ2n) is 4.15. The number of methoxy groups -OCH3 is 1. The molecule has 0 radical (unpaired) electrons. The molecular formula is C14H11BrF2N2OS. The molecule has 3 N–H and O–H groups in total. The summed E-state index contributed by atoms with van der Waals surface area (Å²) in [5.74, 6) is -0.861. The lowest BCUT2D eigenvalue weighted by atomic mass is 10.1. The zero-order valence-electron chi connectivity index (χ0n) is 10.9. The van der Waals surface area contributed by atoms with Crippen LogP contribution in [0.2, 0.25) is 0 Å². The molecule has 21 heavy (non-hydrogen) atoms. The Kier molecular flexibility index (Phi) is 4.74. The molecule has 2 aromatic rings. The van der Waals surface area contributed by atoms with Crippen molar-refractivity contribution in [1.29, 1.82) is 0 Å². The first-order valence-corrected chi connectivity index (χ1v) is 7.02. The number of halogens is 3. The minimum absolute atomic E-state index is 0.0853. The minimum Gasteiger partial charge on any atom is -0.497 e. The zero-order valence-corrected chi connectivity index (χ0v) is 13.3. The van der Waals surface area contributed by atoms with Crippen molar-refractivity contribution < 1.29 is 13.5 Å². The number of benzene rings is 2. The van der Waals surface area contributed by atoms with Crippen LogP contribution in [0.1, 0.15) is 5.56 Å². The monoisotopic (exact) mass is 372 g/mol. The van der Waals surface area contributed by atoms with Gasteiger partial charge in [0.25, 0.3) is 0 Å². The number of anilines is 2. The number of nitrogens with two attached hydrogens (primary N) is 1. The van der Waals surface area contributed by atoms with Crippen LogP contribution in [-0.2, 0) is 0 Å². The molecule has 2 rings (SSSR count). The van der Waals surface area contributed by atoms with Crippen LogP contribution in [0.25, 0.3) is 0 Å². The maximum atomic E-state index is 13.9. The van der Waals surface area contributed by atoms with Gasteiger partial charge >= 0.3 is 0 Å². The van der Waals surface area contributed by atoms with E-state index in [-0.39, 0.29) is 15.1 Å². The average molecular weight is 373 g/mol. The van der Waals surface area contributed by atoms with Gasteiger partial charge in [0, 0.05) is 22.2 Å². The molecule has 0 aliphatic carbocycles. The van der Waals surface area contributed by atoms with E-state index in [9.17, 15) is 8.78 Å². The summed E-state index contributed by atoms with van der Waals surface area (Å²) in [6.07, 6.45) is 0. The van der Waals surface area contributed by atoms with Crippen molar-refractivity contribution in [3.05, 3.63) is 52.0 Å². The lowest BCUT2D eigenvalue weighted by molar-refractivity contribution is 0.415. The Labute approximate surface area is 134 Å². The van der Waals surface area contributed by atoms with Gasteiger partial charge in [0.05, 0.1) is 18.5 Å². The highest BCUT2D eigenvalue weighted by molar-refractivity contribution is 9.10. The van der Waals surface area contributed by atoms with E-state index in [0.29, 0.717) is 17.0 Å². The molecule has 3 nitrogen and oxygen atoms in total. The summed E-state index contributed by atoms with van der Waals surface area (Å²) in [6, 6.07) is 6.93. The largest absolute Gasteiger partial charge is 0.497 e. The van der Waals surface area contributed by atoms with E-state index in [1.807, 2.05) is 0 Å². The van der Waals surface area contributed by atoms with Gasteiger partial charge in [-0.3, -0.25) is 0 Å². The molecule has 0 aromatic heterocycles. The highest BCUT2D eigenvalue weighted by Gasteiger charge is 2.13. The molecule has 0 aliphatic rings. The van der Waals surface area contributed by atoms with E-state index >= 15 is 0 Å². The van der Waals surface area contributed by atoms with Gasteiger partial charge in [-0.25, -0.2) is 8.78 Å². The molecule has 7 heteroatoms. The van der Waals surface area contributed by atoms with Crippen molar-refractivity contribution in [3.8, 4) is 5.75 Å². The maximum Gasteiger partial charge on any atom is 0.150 e. The van der Waals surface area contributed by atoms with Crippen molar-refractivity contribution in [2.75, 3.05) is 12.4 Å². The van der Waals surface area contributed by atoms with Crippen LogP contribution in [0, 0.1) is 11.6 Å². The van der Waals surface area contributed by atoms with Crippen LogP contribution in [0.3, 0.4) is 0 Å². The van der Waals surface area contributed by atoms with E-state index in [0.717, 1.165) is 12.1 Å².